The average Bonchev–Trinajstić information content (AvgIpc) is 3.17. The fourth-order valence-corrected chi connectivity index (χ4v) is 4.20. The molecule has 2 heterocycles. The average molecular weight is 469 g/mol. The van der Waals surface area contributed by atoms with E-state index in [1.165, 1.54) is 25.4 Å². The third-order valence-corrected chi connectivity index (χ3v) is 5.61. The summed E-state index contributed by atoms with van der Waals surface area (Å²) in [6.45, 7) is 4.09. The second kappa shape index (κ2) is 9.21. The monoisotopic (exact) mass is 468 g/mol. The van der Waals surface area contributed by atoms with Gasteiger partial charge in [0.1, 0.15) is 5.82 Å². The third kappa shape index (κ3) is 4.17. The molecule has 0 saturated carbocycles. The van der Waals surface area contributed by atoms with E-state index in [9.17, 15) is 14.3 Å². The molecule has 0 spiro atoms. The summed E-state index contributed by atoms with van der Waals surface area (Å²) in [5.41, 5.74) is 4.03. The van der Waals surface area contributed by atoms with Crippen LogP contribution in [0.15, 0.2) is 54.7 Å². The number of carboxylic acids is 1. The zero-order valence-electron chi connectivity index (χ0n) is 18.3. The summed E-state index contributed by atoms with van der Waals surface area (Å²) in [5, 5.41) is 10.3. The Morgan fingerprint density at radius 2 is 1.82 bits per heavy atom. The maximum atomic E-state index is 13.7. The summed E-state index contributed by atoms with van der Waals surface area (Å²) >= 11 is 6.62. The number of carboxylic acid groups (broad SMARTS) is 1. The SMILES string of the molecule is COCOc1cnc(Cl)c2c1c(-c1ccc(C(=O)O)cc1)c(C(C)C)n2-c1ccc(F)cc1. The highest BCUT2D eigenvalue weighted by atomic mass is 35.5. The van der Waals surface area contributed by atoms with E-state index in [1.54, 1.807) is 36.4 Å². The minimum atomic E-state index is -1.00. The Morgan fingerprint density at radius 1 is 1.15 bits per heavy atom. The van der Waals surface area contributed by atoms with Gasteiger partial charge in [0.25, 0.3) is 0 Å². The largest absolute Gasteiger partial charge is 0.478 e. The molecule has 8 heteroatoms. The Labute approximate surface area is 195 Å². The van der Waals surface area contributed by atoms with Crippen molar-refractivity contribution in [3.63, 3.8) is 0 Å². The molecule has 6 nitrogen and oxygen atoms in total. The lowest BCUT2D eigenvalue weighted by atomic mass is 9.96. The number of hydrogen-bond donors (Lipinski definition) is 1. The number of aromatic carboxylic acids is 1. The van der Waals surface area contributed by atoms with Gasteiger partial charge in [0.15, 0.2) is 17.7 Å². The van der Waals surface area contributed by atoms with E-state index in [0.717, 1.165) is 16.8 Å². The number of pyridine rings is 1. The quantitative estimate of drug-likeness (QED) is 0.255. The normalized spacial score (nSPS) is 11.3. The summed E-state index contributed by atoms with van der Waals surface area (Å²) in [4.78, 5) is 15.7. The van der Waals surface area contributed by atoms with Gasteiger partial charge in [-0.05, 0) is 47.9 Å². The molecule has 170 valence electrons. The molecule has 1 N–H and O–H groups in total. The zero-order chi connectivity index (χ0) is 23.7. The summed E-state index contributed by atoms with van der Waals surface area (Å²) in [5.74, 6) is -0.867. The number of benzene rings is 2. The van der Waals surface area contributed by atoms with Crippen molar-refractivity contribution in [2.45, 2.75) is 19.8 Å². The number of ether oxygens (including phenoxy) is 2. The minimum absolute atomic E-state index is 0.00848. The summed E-state index contributed by atoms with van der Waals surface area (Å²) in [6.07, 6.45) is 1.54. The van der Waals surface area contributed by atoms with E-state index in [4.69, 9.17) is 21.1 Å². The van der Waals surface area contributed by atoms with E-state index in [1.807, 2.05) is 18.4 Å². The number of nitrogens with zero attached hydrogens (tertiary/aromatic N) is 2. The standard InChI is InChI=1S/C25H22ClFN2O4/c1-14(2)22-20(15-4-6-16(7-5-15)25(30)31)21-19(33-13-32-3)12-28-24(26)23(21)29(22)18-10-8-17(27)9-11-18/h4-12,14H,13H2,1-3H3,(H,30,31). The van der Waals surface area contributed by atoms with E-state index in [2.05, 4.69) is 4.98 Å². The van der Waals surface area contributed by atoms with Crippen molar-refractivity contribution in [1.82, 2.24) is 9.55 Å². The first-order valence-electron chi connectivity index (χ1n) is 10.3. The van der Waals surface area contributed by atoms with Crippen molar-refractivity contribution in [3.8, 4) is 22.6 Å². The maximum Gasteiger partial charge on any atom is 0.335 e. The van der Waals surface area contributed by atoms with Crippen LogP contribution in [-0.4, -0.2) is 34.5 Å². The molecule has 0 atom stereocenters. The summed E-state index contributed by atoms with van der Waals surface area (Å²) in [6, 6.07) is 12.8. The van der Waals surface area contributed by atoms with E-state index in [0.29, 0.717) is 22.3 Å². The molecule has 4 aromatic rings. The molecular formula is C25H22ClFN2O4. The lowest BCUT2D eigenvalue weighted by molar-refractivity contribution is 0.0520. The van der Waals surface area contributed by atoms with Gasteiger partial charge in [0.05, 0.1) is 22.7 Å². The molecule has 4 rings (SSSR count). The lowest BCUT2D eigenvalue weighted by Crippen LogP contribution is -2.04. The Morgan fingerprint density at radius 3 is 2.39 bits per heavy atom. The topological polar surface area (TPSA) is 73.6 Å². The smallest absolute Gasteiger partial charge is 0.335 e. The Balaban J connectivity index is 2.14. The first-order chi connectivity index (χ1) is 15.8. The molecule has 0 radical (unpaired) electrons. The van der Waals surface area contributed by atoms with E-state index in [-0.39, 0.29) is 29.2 Å². The molecule has 0 aliphatic rings. The van der Waals surface area contributed by atoms with Crippen molar-refractivity contribution in [3.05, 3.63) is 77.0 Å². The number of rotatable bonds is 7. The van der Waals surface area contributed by atoms with Crippen molar-refractivity contribution in [2.24, 2.45) is 0 Å². The van der Waals surface area contributed by atoms with Gasteiger partial charge in [-0.3, -0.25) is 0 Å². The Hall–Kier alpha value is -3.42. The minimum Gasteiger partial charge on any atom is -0.478 e. The predicted octanol–water partition coefficient (Wildman–Crippen LogP) is 6.29. The van der Waals surface area contributed by atoms with Crippen LogP contribution in [0.4, 0.5) is 4.39 Å². The van der Waals surface area contributed by atoms with Crippen molar-refractivity contribution >= 4 is 28.5 Å². The lowest BCUT2D eigenvalue weighted by Gasteiger charge is -2.16. The second-order valence-corrected chi connectivity index (χ2v) is 8.16. The van der Waals surface area contributed by atoms with Crippen molar-refractivity contribution < 1.29 is 23.8 Å². The number of aromatic nitrogens is 2. The summed E-state index contributed by atoms with van der Waals surface area (Å²) in [7, 11) is 1.52. The van der Waals surface area contributed by atoms with Gasteiger partial charge in [0.2, 0.25) is 0 Å². The van der Waals surface area contributed by atoms with Crippen molar-refractivity contribution in [2.75, 3.05) is 13.9 Å². The van der Waals surface area contributed by atoms with Gasteiger partial charge in [0, 0.05) is 24.1 Å². The zero-order valence-corrected chi connectivity index (χ0v) is 19.1. The fourth-order valence-electron chi connectivity index (χ4n) is 3.98. The fraction of sp³-hybridized carbons (Fsp3) is 0.200. The molecule has 2 aromatic carbocycles. The molecule has 33 heavy (non-hydrogen) atoms. The van der Waals surface area contributed by atoms with Crippen LogP contribution in [0.3, 0.4) is 0 Å². The van der Waals surface area contributed by atoms with Gasteiger partial charge >= 0.3 is 5.97 Å². The molecule has 0 fully saturated rings. The van der Waals surface area contributed by atoms with Crippen LogP contribution in [0.2, 0.25) is 5.15 Å². The molecule has 0 saturated heterocycles. The van der Waals surface area contributed by atoms with Crippen LogP contribution in [0.25, 0.3) is 27.7 Å². The Bertz CT molecular complexity index is 1320. The van der Waals surface area contributed by atoms with Gasteiger partial charge in [-0.2, -0.15) is 0 Å². The van der Waals surface area contributed by atoms with Gasteiger partial charge in [-0.15, -0.1) is 0 Å². The highest BCUT2D eigenvalue weighted by Crippen LogP contribution is 2.46. The highest BCUT2D eigenvalue weighted by Gasteiger charge is 2.27. The third-order valence-electron chi connectivity index (χ3n) is 5.33. The molecular weight excluding hydrogens is 447 g/mol. The van der Waals surface area contributed by atoms with Crippen LogP contribution in [0, 0.1) is 5.82 Å². The molecule has 0 amide bonds. The molecule has 0 aliphatic carbocycles. The maximum absolute atomic E-state index is 13.7. The van der Waals surface area contributed by atoms with Gasteiger partial charge in [-0.25, -0.2) is 14.2 Å². The van der Waals surface area contributed by atoms with Crippen LogP contribution < -0.4 is 4.74 Å². The van der Waals surface area contributed by atoms with Crippen LogP contribution >= 0.6 is 11.6 Å². The number of fused-ring (bicyclic) bond motifs is 1. The molecule has 0 bridgehead atoms. The Kier molecular flexibility index (Phi) is 6.35. The molecule has 0 aliphatic heterocycles. The van der Waals surface area contributed by atoms with Gasteiger partial charge < -0.3 is 19.1 Å². The summed E-state index contributed by atoms with van der Waals surface area (Å²) < 4.78 is 26.6. The van der Waals surface area contributed by atoms with Gasteiger partial charge in [-0.1, -0.05) is 37.6 Å². The number of carbonyl (C=O) groups is 1. The number of methoxy groups -OCH3 is 1. The highest BCUT2D eigenvalue weighted by molar-refractivity contribution is 6.35. The predicted molar refractivity (Wildman–Crippen MR) is 125 cm³/mol. The molecule has 2 aromatic heterocycles. The number of hydrogen-bond acceptors (Lipinski definition) is 4. The first kappa shape index (κ1) is 22.8. The van der Waals surface area contributed by atoms with E-state index < -0.39 is 5.97 Å². The van der Waals surface area contributed by atoms with Crippen LogP contribution in [0.1, 0.15) is 35.8 Å². The van der Waals surface area contributed by atoms with Crippen molar-refractivity contribution in [1.29, 1.82) is 0 Å². The molecule has 0 unspecified atom stereocenters. The van der Waals surface area contributed by atoms with E-state index >= 15 is 0 Å². The first-order valence-corrected chi connectivity index (χ1v) is 10.7. The number of halogens is 2. The second-order valence-electron chi connectivity index (χ2n) is 7.80. The van der Waals surface area contributed by atoms with Crippen LogP contribution in [-0.2, 0) is 4.74 Å². The van der Waals surface area contributed by atoms with Crippen LogP contribution in [0.5, 0.6) is 5.75 Å².